The first-order valence-electron chi connectivity index (χ1n) is 4.63. The van der Waals surface area contributed by atoms with Crippen molar-refractivity contribution >= 4 is 27.5 Å². The van der Waals surface area contributed by atoms with Crippen molar-refractivity contribution in [2.75, 3.05) is 6.61 Å². The van der Waals surface area contributed by atoms with E-state index < -0.39 is 12.0 Å². The topological polar surface area (TPSA) is 85.4 Å². The van der Waals surface area contributed by atoms with Gasteiger partial charge in [-0.3, -0.25) is 4.79 Å². The molecular formula is C10H10N2O3S. The van der Waals surface area contributed by atoms with Crippen LogP contribution in [0.1, 0.15) is 0 Å². The van der Waals surface area contributed by atoms with Crippen LogP contribution in [0, 0.1) is 0 Å². The highest BCUT2D eigenvalue weighted by molar-refractivity contribution is 7.20. The average molecular weight is 238 g/mol. The van der Waals surface area contributed by atoms with Crippen molar-refractivity contribution in [3.8, 4) is 5.19 Å². The van der Waals surface area contributed by atoms with Gasteiger partial charge in [-0.05, 0) is 12.1 Å². The van der Waals surface area contributed by atoms with Crippen molar-refractivity contribution in [1.29, 1.82) is 0 Å². The third-order valence-electron chi connectivity index (χ3n) is 1.98. The van der Waals surface area contributed by atoms with Crippen LogP contribution in [0.25, 0.3) is 10.2 Å². The molecule has 3 N–H and O–H groups in total. The molecule has 0 radical (unpaired) electrons. The SMILES string of the molecule is NC(COc1nc2ccccc2s1)C(=O)O. The zero-order valence-electron chi connectivity index (χ0n) is 8.29. The maximum absolute atomic E-state index is 10.5. The fourth-order valence-corrected chi connectivity index (χ4v) is 1.97. The minimum absolute atomic E-state index is 0.0743. The Morgan fingerprint density at radius 2 is 2.31 bits per heavy atom. The number of para-hydroxylation sites is 1. The summed E-state index contributed by atoms with van der Waals surface area (Å²) in [5.74, 6) is -1.08. The summed E-state index contributed by atoms with van der Waals surface area (Å²) in [6, 6.07) is 6.57. The highest BCUT2D eigenvalue weighted by Gasteiger charge is 2.13. The Morgan fingerprint density at radius 1 is 1.56 bits per heavy atom. The van der Waals surface area contributed by atoms with E-state index in [1.54, 1.807) is 0 Å². The molecule has 16 heavy (non-hydrogen) atoms. The lowest BCUT2D eigenvalue weighted by Crippen LogP contribution is -2.36. The van der Waals surface area contributed by atoms with Crippen molar-refractivity contribution in [1.82, 2.24) is 4.98 Å². The van der Waals surface area contributed by atoms with Crippen LogP contribution in [0.15, 0.2) is 24.3 Å². The van der Waals surface area contributed by atoms with E-state index in [-0.39, 0.29) is 6.61 Å². The molecule has 0 amide bonds. The first-order chi connectivity index (χ1) is 7.66. The number of ether oxygens (including phenoxy) is 1. The quantitative estimate of drug-likeness (QED) is 0.832. The van der Waals surface area contributed by atoms with E-state index in [1.807, 2.05) is 24.3 Å². The molecule has 0 aliphatic rings. The first-order valence-corrected chi connectivity index (χ1v) is 5.45. The lowest BCUT2D eigenvalue weighted by atomic mass is 10.3. The first kappa shape index (κ1) is 10.8. The maximum atomic E-state index is 10.5. The van der Waals surface area contributed by atoms with Crippen LogP contribution in [0.4, 0.5) is 0 Å². The van der Waals surface area contributed by atoms with E-state index in [0.717, 1.165) is 10.2 Å². The van der Waals surface area contributed by atoms with Crippen molar-refractivity contribution < 1.29 is 14.6 Å². The number of aliphatic carboxylic acids is 1. The average Bonchev–Trinajstić information content (AvgIpc) is 2.68. The van der Waals surface area contributed by atoms with E-state index >= 15 is 0 Å². The molecule has 0 spiro atoms. The molecule has 1 aromatic carbocycles. The van der Waals surface area contributed by atoms with Gasteiger partial charge in [0.15, 0.2) is 0 Å². The normalized spacial score (nSPS) is 12.6. The van der Waals surface area contributed by atoms with Crippen LogP contribution in [-0.2, 0) is 4.79 Å². The number of carbonyl (C=O) groups is 1. The Hall–Kier alpha value is -1.66. The summed E-state index contributed by atoms with van der Waals surface area (Å²) in [4.78, 5) is 14.7. The fraction of sp³-hybridized carbons (Fsp3) is 0.200. The van der Waals surface area contributed by atoms with Gasteiger partial charge < -0.3 is 15.6 Å². The minimum atomic E-state index is -1.08. The molecule has 0 aliphatic heterocycles. The van der Waals surface area contributed by atoms with Crippen LogP contribution in [0.3, 0.4) is 0 Å². The molecule has 0 bridgehead atoms. The number of carboxylic acid groups (broad SMARTS) is 1. The van der Waals surface area contributed by atoms with E-state index in [0.29, 0.717) is 5.19 Å². The van der Waals surface area contributed by atoms with Gasteiger partial charge in [-0.1, -0.05) is 23.5 Å². The Morgan fingerprint density at radius 3 is 3.00 bits per heavy atom. The second-order valence-electron chi connectivity index (χ2n) is 3.20. The number of hydrogen-bond donors (Lipinski definition) is 2. The zero-order valence-corrected chi connectivity index (χ0v) is 9.11. The third kappa shape index (κ3) is 2.29. The van der Waals surface area contributed by atoms with Crippen LogP contribution >= 0.6 is 11.3 Å². The summed E-state index contributed by atoms with van der Waals surface area (Å²) in [7, 11) is 0. The number of hydrogen-bond acceptors (Lipinski definition) is 5. The summed E-state index contributed by atoms with van der Waals surface area (Å²) in [5, 5.41) is 9.02. The van der Waals surface area contributed by atoms with Gasteiger partial charge in [-0.2, -0.15) is 0 Å². The van der Waals surface area contributed by atoms with Crippen molar-refractivity contribution in [3.63, 3.8) is 0 Å². The second-order valence-corrected chi connectivity index (χ2v) is 4.20. The number of aromatic nitrogens is 1. The molecule has 0 fully saturated rings. The molecule has 1 aromatic heterocycles. The van der Waals surface area contributed by atoms with Crippen LogP contribution in [-0.4, -0.2) is 28.7 Å². The molecule has 2 rings (SSSR count). The molecule has 1 atom stereocenters. The van der Waals surface area contributed by atoms with Gasteiger partial charge in [0, 0.05) is 0 Å². The summed E-state index contributed by atoms with van der Waals surface area (Å²) < 4.78 is 6.22. The maximum Gasteiger partial charge on any atom is 0.324 e. The molecule has 5 nitrogen and oxygen atoms in total. The monoisotopic (exact) mass is 238 g/mol. The summed E-state index contributed by atoms with van der Waals surface area (Å²) in [6.07, 6.45) is 0. The van der Waals surface area contributed by atoms with Gasteiger partial charge in [0.05, 0.1) is 10.2 Å². The highest BCUT2D eigenvalue weighted by Crippen LogP contribution is 2.27. The predicted molar refractivity (Wildman–Crippen MR) is 60.7 cm³/mol. The van der Waals surface area contributed by atoms with E-state index in [2.05, 4.69) is 4.98 Å². The number of nitrogens with zero attached hydrogens (tertiary/aromatic N) is 1. The lowest BCUT2D eigenvalue weighted by molar-refractivity contribution is -0.139. The number of fused-ring (bicyclic) bond motifs is 1. The standard InChI is InChI=1S/C10H10N2O3S/c11-6(9(13)14)5-15-10-12-7-3-1-2-4-8(7)16-10/h1-4,6H,5,11H2,(H,13,14). The van der Waals surface area contributed by atoms with Crippen molar-refractivity contribution in [2.45, 2.75) is 6.04 Å². The van der Waals surface area contributed by atoms with Gasteiger partial charge in [0.25, 0.3) is 5.19 Å². The number of benzene rings is 1. The van der Waals surface area contributed by atoms with E-state index in [1.165, 1.54) is 11.3 Å². The van der Waals surface area contributed by atoms with Crippen molar-refractivity contribution in [3.05, 3.63) is 24.3 Å². The summed E-state index contributed by atoms with van der Waals surface area (Å²) in [5.41, 5.74) is 6.15. The molecule has 0 aliphatic carbocycles. The molecular weight excluding hydrogens is 228 g/mol. The largest absolute Gasteiger partial charge is 0.480 e. The highest BCUT2D eigenvalue weighted by atomic mass is 32.1. The zero-order chi connectivity index (χ0) is 11.5. The Kier molecular flexibility index (Phi) is 3.02. The van der Waals surface area contributed by atoms with Gasteiger partial charge >= 0.3 is 5.97 Å². The molecule has 1 heterocycles. The lowest BCUT2D eigenvalue weighted by Gasteiger charge is -2.05. The molecule has 1 unspecified atom stereocenters. The molecule has 6 heteroatoms. The van der Waals surface area contributed by atoms with Gasteiger partial charge in [-0.15, -0.1) is 0 Å². The second kappa shape index (κ2) is 4.46. The van der Waals surface area contributed by atoms with Gasteiger partial charge in [0.1, 0.15) is 12.6 Å². The van der Waals surface area contributed by atoms with E-state index in [9.17, 15) is 4.79 Å². The van der Waals surface area contributed by atoms with Gasteiger partial charge in [0.2, 0.25) is 0 Å². The number of rotatable bonds is 4. The van der Waals surface area contributed by atoms with Crippen molar-refractivity contribution in [2.24, 2.45) is 5.73 Å². The number of thiazole rings is 1. The molecule has 0 saturated carbocycles. The Bertz CT molecular complexity index is 478. The minimum Gasteiger partial charge on any atom is -0.480 e. The van der Waals surface area contributed by atoms with Crippen LogP contribution in [0.2, 0.25) is 0 Å². The van der Waals surface area contributed by atoms with Crippen LogP contribution in [0.5, 0.6) is 5.19 Å². The predicted octanol–water partition coefficient (Wildman–Crippen LogP) is 1.09. The summed E-state index contributed by atoms with van der Waals surface area (Å²) >= 11 is 1.37. The number of carboxylic acids is 1. The molecule has 0 saturated heterocycles. The Labute approximate surface area is 95.5 Å². The summed E-state index contributed by atoms with van der Waals surface area (Å²) in [6.45, 7) is -0.0743. The number of nitrogens with two attached hydrogens (primary N) is 1. The fourth-order valence-electron chi connectivity index (χ4n) is 1.15. The smallest absolute Gasteiger partial charge is 0.324 e. The molecule has 84 valence electrons. The molecule has 2 aromatic rings. The Balaban J connectivity index is 2.07. The van der Waals surface area contributed by atoms with E-state index in [4.69, 9.17) is 15.6 Å². The third-order valence-corrected chi connectivity index (χ3v) is 2.93. The van der Waals surface area contributed by atoms with Crippen LogP contribution < -0.4 is 10.5 Å². The van der Waals surface area contributed by atoms with Gasteiger partial charge in [-0.25, -0.2) is 4.98 Å².